The zero-order valence-electron chi connectivity index (χ0n) is 13.8. The van der Waals surface area contributed by atoms with Crippen LogP contribution in [0.2, 0.25) is 0 Å². The lowest BCUT2D eigenvalue weighted by Crippen LogP contribution is -2.17. The smallest absolute Gasteiger partial charge is 0.335 e. The summed E-state index contributed by atoms with van der Waals surface area (Å²) in [6, 6.07) is 9.16. The minimum Gasteiger partial charge on any atom is -0.495 e. The maximum absolute atomic E-state index is 12.7. The molecular formula is C15H16N2O7S2. The van der Waals surface area contributed by atoms with Gasteiger partial charge in [0, 0.05) is 0 Å². The fourth-order valence-corrected chi connectivity index (χ4v) is 3.93. The quantitative estimate of drug-likeness (QED) is 0.641. The Balaban J connectivity index is 2.51. The summed E-state index contributed by atoms with van der Waals surface area (Å²) in [5.41, 5.74) is -0.249. The number of ether oxygens (including phenoxy) is 1. The van der Waals surface area contributed by atoms with Crippen LogP contribution in [0.3, 0.4) is 0 Å². The van der Waals surface area contributed by atoms with Gasteiger partial charge < -0.3 is 9.84 Å². The van der Waals surface area contributed by atoms with E-state index in [0.717, 1.165) is 12.3 Å². The number of carboxylic acids is 1. The predicted molar refractivity (Wildman–Crippen MR) is 95.7 cm³/mol. The molecule has 0 saturated heterocycles. The maximum atomic E-state index is 12.7. The molecule has 0 heterocycles. The summed E-state index contributed by atoms with van der Waals surface area (Å²) in [6.07, 6.45) is 0.928. The van der Waals surface area contributed by atoms with Crippen LogP contribution >= 0.6 is 0 Å². The molecule has 2 aromatic carbocycles. The van der Waals surface area contributed by atoms with Crippen molar-refractivity contribution in [1.29, 1.82) is 0 Å². The first-order valence-electron chi connectivity index (χ1n) is 7.04. The monoisotopic (exact) mass is 400 g/mol. The number of benzene rings is 2. The first-order valence-corrected chi connectivity index (χ1v) is 10.4. The van der Waals surface area contributed by atoms with Gasteiger partial charge in [-0.05, 0) is 30.3 Å². The average Bonchev–Trinajstić information content (AvgIpc) is 2.54. The van der Waals surface area contributed by atoms with Crippen LogP contribution in [0.1, 0.15) is 10.4 Å². The first-order chi connectivity index (χ1) is 12.0. The zero-order chi connectivity index (χ0) is 19.5. The molecule has 9 nitrogen and oxygen atoms in total. The highest BCUT2D eigenvalue weighted by Gasteiger charge is 2.23. The third-order valence-electron chi connectivity index (χ3n) is 3.17. The van der Waals surface area contributed by atoms with Gasteiger partial charge in [-0.25, -0.2) is 21.6 Å². The van der Waals surface area contributed by atoms with Crippen molar-refractivity contribution in [2.75, 3.05) is 22.8 Å². The number of carbonyl (C=O) groups is 1. The molecule has 0 unspecified atom stereocenters. The number of hydrogen-bond donors (Lipinski definition) is 3. The summed E-state index contributed by atoms with van der Waals surface area (Å²) in [5.74, 6) is -1.36. The fourth-order valence-electron chi connectivity index (χ4n) is 2.08. The van der Waals surface area contributed by atoms with Crippen LogP contribution in [0.15, 0.2) is 47.4 Å². The molecule has 0 amide bonds. The lowest BCUT2D eigenvalue weighted by molar-refractivity contribution is 0.0696. The van der Waals surface area contributed by atoms with Crippen molar-refractivity contribution in [2.24, 2.45) is 0 Å². The number of aromatic carboxylic acids is 1. The Morgan fingerprint density at radius 1 is 1.00 bits per heavy atom. The molecule has 3 N–H and O–H groups in total. The largest absolute Gasteiger partial charge is 0.495 e. The summed E-state index contributed by atoms with van der Waals surface area (Å²) >= 11 is 0. The number of rotatable bonds is 7. The Bertz CT molecular complexity index is 1050. The molecule has 0 fully saturated rings. The van der Waals surface area contributed by atoms with E-state index in [4.69, 9.17) is 9.84 Å². The van der Waals surface area contributed by atoms with Gasteiger partial charge in [0.05, 0.1) is 30.3 Å². The van der Waals surface area contributed by atoms with Gasteiger partial charge in [0.2, 0.25) is 10.0 Å². The molecule has 0 aliphatic heterocycles. The highest BCUT2D eigenvalue weighted by molar-refractivity contribution is 7.93. The third-order valence-corrected chi connectivity index (χ3v) is 5.14. The zero-order valence-corrected chi connectivity index (χ0v) is 15.4. The van der Waals surface area contributed by atoms with Crippen molar-refractivity contribution in [3.8, 4) is 5.75 Å². The van der Waals surface area contributed by atoms with Crippen molar-refractivity contribution >= 4 is 37.4 Å². The van der Waals surface area contributed by atoms with Crippen LogP contribution in [0, 0.1) is 0 Å². The van der Waals surface area contributed by atoms with E-state index in [2.05, 4.69) is 9.44 Å². The lowest BCUT2D eigenvalue weighted by atomic mass is 10.2. The molecule has 0 aliphatic rings. The molecule has 0 radical (unpaired) electrons. The van der Waals surface area contributed by atoms with E-state index < -0.39 is 30.9 Å². The normalized spacial score (nSPS) is 11.6. The highest BCUT2D eigenvalue weighted by atomic mass is 32.2. The van der Waals surface area contributed by atoms with Crippen LogP contribution in [-0.2, 0) is 20.0 Å². The molecule has 0 aromatic heterocycles. The van der Waals surface area contributed by atoms with E-state index in [1.54, 1.807) is 0 Å². The molecule has 0 aliphatic carbocycles. The van der Waals surface area contributed by atoms with E-state index in [1.807, 2.05) is 0 Å². The van der Waals surface area contributed by atoms with Crippen LogP contribution in [-0.4, -0.2) is 41.3 Å². The number of sulfonamides is 2. The van der Waals surface area contributed by atoms with Crippen molar-refractivity contribution in [1.82, 2.24) is 0 Å². The summed E-state index contributed by atoms with van der Waals surface area (Å²) in [4.78, 5) is 10.7. The molecule has 2 aromatic rings. The van der Waals surface area contributed by atoms with Gasteiger partial charge >= 0.3 is 5.97 Å². The molecule has 0 atom stereocenters. The lowest BCUT2D eigenvalue weighted by Gasteiger charge is -2.15. The summed E-state index contributed by atoms with van der Waals surface area (Å²) in [6.45, 7) is 0. The van der Waals surface area contributed by atoms with Crippen LogP contribution in [0.5, 0.6) is 5.75 Å². The van der Waals surface area contributed by atoms with E-state index >= 15 is 0 Å². The second-order valence-corrected chi connectivity index (χ2v) is 8.60. The summed E-state index contributed by atoms with van der Waals surface area (Å²) < 4.78 is 57.7. The first kappa shape index (κ1) is 19.5. The van der Waals surface area contributed by atoms with Crippen molar-refractivity contribution < 1.29 is 31.5 Å². The van der Waals surface area contributed by atoms with E-state index in [1.165, 1.54) is 43.5 Å². The third kappa shape index (κ3) is 4.64. The van der Waals surface area contributed by atoms with E-state index in [9.17, 15) is 21.6 Å². The van der Waals surface area contributed by atoms with Crippen LogP contribution in [0.4, 0.5) is 11.4 Å². The minimum absolute atomic E-state index is 0.0203. The second-order valence-electron chi connectivity index (χ2n) is 5.20. The average molecular weight is 400 g/mol. The number of para-hydroxylation sites is 2. The van der Waals surface area contributed by atoms with E-state index in [0.29, 0.717) is 0 Å². The van der Waals surface area contributed by atoms with Crippen molar-refractivity contribution in [3.05, 3.63) is 48.0 Å². The number of hydrogen-bond acceptors (Lipinski definition) is 6. The highest BCUT2D eigenvalue weighted by Crippen LogP contribution is 2.30. The Hall–Kier alpha value is -2.79. The van der Waals surface area contributed by atoms with Crippen molar-refractivity contribution in [2.45, 2.75) is 4.90 Å². The summed E-state index contributed by atoms with van der Waals surface area (Å²) in [5, 5.41) is 9.07. The van der Waals surface area contributed by atoms with Gasteiger partial charge in [-0.1, -0.05) is 12.1 Å². The van der Waals surface area contributed by atoms with E-state index in [-0.39, 0.29) is 22.7 Å². The number of carboxylic acid groups (broad SMARTS) is 1. The molecule has 11 heteroatoms. The predicted octanol–water partition coefficient (Wildman–Crippen LogP) is 1.57. The van der Waals surface area contributed by atoms with Crippen LogP contribution in [0.25, 0.3) is 0 Å². The molecular weight excluding hydrogens is 384 g/mol. The molecule has 0 bridgehead atoms. The Kier molecular flexibility index (Phi) is 5.42. The topological polar surface area (TPSA) is 139 Å². The molecule has 0 spiro atoms. The van der Waals surface area contributed by atoms with Gasteiger partial charge in [0.1, 0.15) is 10.6 Å². The van der Waals surface area contributed by atoms with Gasteiger partial charge in [-0.15, -0.1) is 0 Å². The molecule has 2 rings (SSSR count). The summed E-state index contributed by atoms with van der Waals surface area (Å²) in [7, 11) is -6.66. The molecule has 140 valence electrons. The van der Waals surface area contributed by atoms with Gasteiger partial charge in [-0.3, -0.25) is 9.44 Å². The standard InChI is InChI=1S/C15H16N2O7S2/c1-24-13-8-7-10(15(18)19)9-14(13)26(22,23)17-12-6-4-3-5-11(12)16-25(2,20)21/h3-9,16-17H,1-2H3,(H,18,19). The van der Waals surface area contributed by atoms with Gasteiger partial charge in [0.25, 0.3) is 10.0 Å². The number of methoxy groups -OCH3 is 1. The second kappa shape index (κ2) is 7.22. The Morgan fingerprint density at radius 3 is 2.08 bits per heavy atom. The molecule has 0 saturated carbocycles. The number of anilines is 2. The maximum Gasteiger partial charge on any atom is 0.335 e. The number of nitrogens with one attached hydrogen (secondary N) is 2. The fraction of sp³-hybridized carbons (Fsp3) is 0.133. The Labute approximate surface area is 150 Å². The van der Waals surface area contributed by atoms with Gasteiger partial charge in [-0.2, -0.15) is 0 Å². The van der Waals surface area contributed by atoms with Gasteiger partial charge in [0.15, 0.2) is 0 Å². The minimum atomic E-state index is -4.26. The van der Waals surface area contributed by atoms with Crippen LogP contribution < -0.4 is 14.2 Å². The SMILES string of the molecule is COc1ccc(C(=O)O)cc1S(=O)(=O)Nc1ccccc1NS(C)(=O)=O. The molecule has 26 heavy (non-hydrogen) atoms. The Morgan fingerprint density at radius 2 is 1.58 bits per heavy atom. The van der Waals surface area contributed by atoms with Crippen molar-refractivity contribution in [3.63, 3.8) is 0 Å².